The maximum absolute atomic E-state index is 6.33. The molecule has 0 aliphatic rings. The van der Waals surface area contributed by atoms with Gasteiger partial charge < -0.3 is 5.73 Å². The van der Waals surface area contributed by atoms with Crippen molar-refractivity contribution < 1.29 is 0 Å². The van der Waals surface area contributed by atoms with Crippen LogP contribution in [-0.4, -0.2) is 11.5 Å². The van der Waals surface area contributed by atoms with Crippen molar-refractivity contribution in [1.82, 2.24) is 4.98 Å². The van der Waals surface area contributed by atoms with E-state index in [0.717, 1.165) is 26.2 Å². The summed E-state index contributed by atoms with van der Waals surface area (Å²) in [6, 6.07) is 14.3. The summed E-state index contributed by atoms with van der Waals surface area (Å²) in [6.07, 6.45) is 0.853. The maximum Gasteiger partial charge on any atom is 0.155 e. The molecule has 0 aliphatic carbocycles. The molecule has 2 aromatic carbocycles. The first-order valence-electron chi connectivity index (χ1n) is 6.28. The highest BCUT2D eigenvalue weighted by Crippen LogP contribution is 2.37. The molecule has 3 aromatic rings. The number of hydrogen-bond acceptors (Lipinski definition) is 4. The molecule has 2 nitrogen and oxygen atoms in total. The number of hydrogen-bond donors (Lipinski definition) is 1. The third-order valence-electron chi connectivity index (χ3n) is 2.90. The molecule has 2 N–H and O–H groups in total. The second-order valence-electron chi connectivity index (χ2n) is 4.35. The van der Waals surface area contributed by atoms with Crippen LogP contribution in [0.2, 0.25) is 5.02 Å². The second kappa shape index (κ2) is 6.14. The van der Waals surface area contributed by atoms with Crippen molar-refractivity contribution in [2.45, 2.75) is 15.7 Å². The molecule has 1 aromatic heterocycles. The van der Waals surface area contributed by atoms with Gasteiger partial charge >= 0.3 is 0 Å². The van der Waals surface area contributed by atoms with Gasteiger partial charge in [0.1, 0.15) is 0 Å². The average Bonchev–Trinajstić information content (AvgIpc) is 2.84. The fourth-order valence-electron chi connectivity index (χ4n) is 1.94. The van der Waals surface area contributed by atoms with E-state index in [2.05, 4.69) is 17.1 Å². The van der Waals surface area contributed by atoms with E-state index >= 15 is 0 Å². The third-order valence-corrected chi connectivity index (χ3v) is 5.50. The van der Waals surface area contributed by atoms with Crippen molar-refractivity contribution in [1.29, 1.82) is 0 Å². The third kappa shape index (κ3) is 2.99. The van der Waals surface area contributed by atoms with Crippen LogP contribution in [0.5, 0.6) is 0 Å². The van der Waals surface area contributed by atoms with Crippen molar-refractivity contribution in [3.05, 3.63) is 53.1 Å². The lowest BCUT2D eigenvalue weighted by molar-refractivity contribution is 0.966. The van der Waals surface area contributed by atoms with Gasteiger partial charge in [-0.3, -0.25) is 0 Å². The molecule has 0 saturated heterocycles. The molecule has 0 fully saturated rings. The van der Waals surface area contributed by atoms with Crippen LogP contribution in [0.25, 0.3) is 10.2 Å². The Bertz CT molecular complexity index is 707. The number of fused-ring (bicyclic) bond motifs is 1. The average molecular weight is 321 g/mol. The summed E-state index contributed by atoms with van der Waals surface area (Å²) in [5, 5.41) is 0.764. The smallest absolute Gasteiger partial charge is 0.155 e. The molecule has 3 rings (SSSR count). The van der Waals surface area contributed by atoms with Crippen LogP contribution >= 0.6 is 34.7 Å². The second-order valence-corrected chi connectivity index (χ2v) is 7.08. The van der Waals surface area contributed by atoms with Crippen LogP contribution in [0.1, 0.15) is 5.56 Å². The molecular formula is C15H13ClN2S2. The van der Waals surface area contributed by atoms with Gasteiger partial charge in [0, 0.05) is 4.90 Å². The van der Waals surface area contributed by atoms with Crippen LogP contribution in [0, 0.1) is 0 Å². The number of para-hydroxylation sites is 1. The van der Waals surface area contributed by atoms with Gasteiger partial charge in [0.15, 0.2) is 4.34 Å². The number of thiazole rings is 1. The first-order chi connectivity index (χ1) is 9.76. The van der Waals surface area contributed by atoms with Crippen molar-refractivity contribution in [2.24, 2.45) is 5.73 Å². The first kappa shape index (κ1) is 13.9. The summed E-state index contributed by atoms with van der Waals surface area (Å²) in [7, 11) is 0. The molecule has 0 atom stereocenters. The van der Waals surface area contributed by atoms with Gasteiger partial charge in [-0.25, -0.2) is 4.98 Å². The molecule has 0 unspecified atom stereocenters. The highest BCUT2D eigenvalue weighted by molar-refractivity contribution is 8.01. The van der Waals surface area contributed by atoms with Crippen molar-refractivity contribution in [2.75, 3.05) is 6.54 Å². The Morgan fingerprint density at radius 2 is 2.05 bits per heavy atom. The molecule has 0 saturated carbocycles. The molecule has 0 bridgehead atoms. The molecule has 20 heavy (non-hydrogen) atoms. The van der Waals surface area contributed by atoms with Gasteiger partial charge in [0.25, 0.3) is 0 Å². The fraction of sp³-hybridized carbons (Fsp3) is 0.133. The minimum absolute atomic E-state index is 0.640. The van der Waals surface area contributed by atoms with Crippen molar-refractivity contribution in [3.63, 3.8) is 0 Å². The minimum atomic E-state index is 0.640. The molecule has 0 amide bonds. The van der Waals surface area contributed by atoms with E-state index in [9.17, 15) is 0 Å². The van der Waals surface area contributed by atoms with Gasteiger partial charge in [0.2, 0.25) is 0 Å². The lowest BCUT2D eigenvalue weighted by Crippen LogP contribution is -2.02. The zero-order chi connectivity index (χ0) is 13.9. The van der Waals surface area contributed by atoms with E-state index in [1.165, 1.54) is 10.3 Å². The summed E-state index contributed by atoms with van der Waals surface area (Å²) < 4.78 is 2.21. The van der Waals surface area contributed by atoms with Crippen LogP contribution in [0.15, 0.2) is 51.7 Å². The Morgan fingerprint density at radius 1 is 1.20 bits per heavy atom. The van der Waals surface area contributed by atoms with Crippen LogP contribution in [0.4, 0.5) is 0 Å². The van der Waals surface area contributed by atoms with Gasteiger partial charge in [-0.1, -0.05) is 41.6 Å². The highest BCUT2D eigenvalue weighted by atomic mass is 35.5. The number of rotatable bonds is 4. The van der Waals surface area contributed by atoms with E-state index in [1.807, 2.05) is 30.3 Å². The number of aromatic nitrogens is 1. The number of benzene rings is 2. The number of halogens is 1. The lowest BCUT2D eigenvalue weighted by Gasteiger charge is -2.04. The number of nitrogens with two attached hydrogens (primary N) is 1. The van der Waals surface area contributed by atoms with Gasteiger partial charge in [-0.15, -0.1) is 11.3 Å². The maximum atomic E-state index is 6.33. The molecule has 0 spiro atoms. The quantitative estimate of drug-likeness (QED) is 0.763. The van der Waals surface area contributed by atoms with Gasteiger partial charge in [0.05, 0.1) is 15.2 Å². The monoisotopic (exact) mass is 320 g/mol. The van der Waals surface area contributed by atoms with E-state index in [-0.39, 0.29) is 0 Å². The zero-order valence-corrected chi connectivity index (χ0v) is 13.1. The van der Waals surface area contributed by atoms with Gasteiger partial charge in [-0.05, 0) is 42.8 Å². The standard InChI is InChI=1S/C15H13ClN2S2/c16-11-9-10(7-8-17)5-6-13(11)19-15-18-12-3-1-2-4-14(12)20-15/h1-6,9H,7-8,17H2. The Hall–Kier alpha value is -1.07. The topological polar surface area (TPSA) is 38.9 Å². The first-order valence-corrected chi connectivity index (χ1v) is 8.29. The zero-order valence-electron chi connectivity index (χ0n) is 10.7. The molecule has 5 heteroatoms. The SMILES string of the molecule is NCCc1ccc(Sc2nc3ccccc3s2)c(Cl)c1. The van der Waals surface area contributed by atoms with E-state index in [0.29, 0.717) is 6.54 Å². The minimum Gasteiger partial charge on any atom is -0.330 e. The fourth-order valence-corrected chi connectivity index (χ4v) is 4.28. The lowest BCUT2D eigenvalue weighted by atomic mass is 10.1. The van der Waals surface area contributed by atoms with E-state index in [1.54, 1.807) is 23.1 Å². The van der Waals surface area contributed by atoms with E-state index < -0.39 is 0 Å². The van der Waals surface area contributed by atoms with Crippen molar-refractivity contribution in [3.8, 4) is 0 Å². The summed E-state index contributed by atoms with van der Waals surface area (Å²) >= 11 is 9.63. The predicted molar refractivity (Wildman–Crippen MR) is 88.0 cm³/mol. The molecule has 1 heterocycles. The predicted octanol–water partition coefficient (Wildman–Crippen LogP) is 4.60. The highest BCUT2D eigenvalue weighted by Gasteiger charge is 2.08. The molecular weight excluding hydrogens is 308 g/mol. The normalized spacial score (nSPS) is 11.1. The van der Waals surface area contributed by atoms with E-state index in [4.69, 9.17) is 17.3 Å². The summed E-state index contributed by atoms with van der Waals surface area (Å²) in [5.74, 6) is 0. The Labute approximate surface area is 131 Å². The van der Waals surface area contributed by atoms with Crippen LogP contribution in [-0.2, 0) is 6.42 Å². The Kier molecular flexibility index (Phi) is 4.27. The largest absolute Gasteiger partial charge is 0.330 e. The summed E-state index contributed by atoms with van der Waals surface area (Å²) in [5.41, 5.74) is 7.77. The van der Waals surface area contributed by atoms with Crippen LogP contribution in [0.3, 0.4) is 0 Å². The Balaban J connectivity index is 1.86. The summed E-state index contributed by atoms with van der Waals surface area (Å²) in [6.45, 7) is 0.640. The molecule has 102 valence electrons. The summed E-state index contributed by atoms with van der Waals surface area (Å²) in [4.78, 5) is 5.64. The number of nitrogens with zero attached hydrogens (tertiary/aromatic N) is 1. The van der Waals surface area contributed by atoms with Gasteiger partial charge in [-0.2, -0.15) is 0 Å². The van der Waals surface area contributed by atoms with Crippen LogP contribution < -0.4 is 5.73 Å². The molecule has 0 aliphatic heterocycles. The van der Waals surface area contributed by atoms with Crippen molar-refractivity contribution >= 4 is 44.9 Å². The Morgan fingerprint density at radius 3 is 2.80 bits per heavy atom. The molecule has 0 radical (unpaired) electrons.